The lowest BCUT2D eigenvalue weighted by atomic mass is 10.2. The van der Waals surface area contributed by atoms with Gasteiger partial charge in [-0.3, -0.25) is 0 Å². The molecule has 0 spiro atoms. The standard InChI is InChI=1S/C7H8O.C3H6O3/c1-6-2-4-7(8)5-3-6;1-2-6-3(4)5/h2-5,8H,1H3;2H2,1H3,(H,4,5). The van der Waals surface area contributed by atoms with Crippen LogP contribution in [0, 0.1) is 6.92 Å². The van der Waals surface area contributed by atoms with Crippen LogP contribution in [0.2, 0.25) is 0 Å². The zero-order chi connectivity index (χ0) is 11.0. The lowest BCUT2D eigenvalue weighted by Crippen LogP contribution is -1.97. The van der Waals surface area contributed by atoms with Gasteiger partial charge in [0.05, 0.1) is 6.61 Å². The summed E-state index contributed by atoms with van der Waals surface area (Å²) in [6, 6.07) is 7.09. The predicted molar refractivity (Wildman–Crippen MR) is 52.5 cm³/mol. The fourth-order valence-electron chi connectivity index (χ4n) is 0.668. The number of phenols is 1. The minimum Gasteiger partial charge on any atom is -0.508 e. The van der Waals surface area contributed by atoms with Gasteiger partial charge in [-0.1, -0.05) is 17.7 Å². The SMILES string of the molecule is CCOC(=O)O.Cc1ccc(O)cc1. The molecule has 0 saturated heterocycles. The molecule has 2 N–H and O–H groups in total. The van der Waals surface area contributed by atoms with Crippen molar-refractivity contribution in [3.63, 3.8) is 0 Å². The van der Waals surface area contributed by atoms with Gasteiger partial charge in [0.2, 0.25) is 0 Å². The van der Waals surface area contributed by atoms with Gasteiger partial charge in [-0.2, -0.15) is 0 Å². The zero-order valence-electron chi connectivity index (χ0n) is 8.23. The third-order valence-electron chi connectivity index (χ3n) is 1.30. The van der Waals surface area contributed by atoms with Crippen molar-refractivity contribution in [3.8, 4) is 5.75 Å². The van der Waals surface area contributed by atoms with E-state index in [1.54, 1.807) is 19.1 Å². The predicted octanol–water partition coefficient (Wildman–Crippen LogP) is 2.40. The van der Waals surface area contributed by atoms with Crippen molar-refractivity contribution in [1.82, 2.24) is 0 Å². The Morgan fingerprint density at radius 3 is 2.07 bits per heavy atom. The van der Waals surface area contributed by atoms with E-state index in [0.29, 0.717) is 5.75 Å². The summed E-state index contributed by atoms with van der Waals surface area (Å²) in [5.74, 6) is 0.329. The van der Waals surface area contributed by atoms with Gasteiger partial charge in [-0.15, -0.1) is 0 Å². The van der Waals surface area contributed by atoms with E-state index in [1.165, 1.54) is 5.56 Å². The molecule has 0 aromatic heterocycles. The second kappa shape index (κ2) is 6.77. The highest BCUT2D eigenvalue weighted by Crippen LogP contribution is 2.07. The van der Waals surface area contributed by atoms with Crippen LogP contribution >= 0.6 is 0 Å². The summed E-state index contributed by atoms with van der Waals surface area (Å²) in [5.41, 5.74) is 1.17. The van der Waals surface area contributed by atoms with Crippen molar-refractivity contribution in [2.75, 3.05) is 6.61 Å². The number of phenolic OH excluding ortho intramolecular Hbond substituents is 1. The maximum atomic E-state index is 9.38. The van der Waals surface area contributed by atoms with Crippen LogP contribution < -0.4 is 0 Å². The minimum absolute atomic E-state index is 0.231. The summed E-state index contributed by atoms with van der Waals surface area (Å²) >= 11 is 0. The summed E-state index contributed by atoms with van der Waals surface area (Å²) in [6.45, 7) is 3.84. The number of carbonyl (C=O) groups is 1. The third-order valence-corrected chi connectivity index (χ3v) is 1.30. The molecule has 0 fully saturated rings. The second-order valence-electron chi connectivity index (χ2n) is 2.53. The Balaban J connectivity index is 0.000000255. The van der Waals surface area contributed by atoms with Crippen molar-refractivity contribution in [3.05, 3.63) is 29.8 Å². The van der Waals surface area contributed by atoms with E-state index >= 15 is 0 Å². The molecular formula is C10H14O4. The van der Waals surface area contributed by atoms with Crippen molar-refractivity contribution in [2.45, 2.75) is 13.8 Å². The Kier molecular flexibility index (Phi) is 5.94. The van der Waals surface area contributed by atoms with Crippen LogP contribution in [0.15, 0.2) is 24.3 Å². The van der Waals surface area contributed by atoms with Gasteiger partial charge in [-0.25, -0.2) is 4.79 Å². The van der Waals surface area contributed by atoms with Gasteiger partial charge >= 0.3 is 6.16 Å². The van der Waals surface area contributed by atoms with Crippen molar-refractivity contribution in [1.29, 1.82) is 0 Å². The van der Waals surface area contributed by atoms with Gasteiger partial charge in [0.1, 0.15) is 5.75 Å². The first-order valence-electron chi connectivity index (χ1n) is 4.17. The highest BCUT2D eigenvalue weighted by Gasteiger charge is 1.86. The van der Waals surface area contributed by atoms with Crippen LogP contribution in [0.25, 0.3) is 0 Å². The van der Waals surface area contributed by atoms with Crippen LogP contribution in [0.5, 0.6) is 5.75 Å². The number of ether oxygens (including phenoxy) is 1. The molecule has 0 amide bonds. The van der Waals surface area contributed by atoms with E-state index in [-0.39, 0.29) is 6.61 Å². The molecule has 0 atom stereocenters. The van der Waals surface area contributed by atoms with E-state index in [0.717, 1.165) is 0 Å². The van der Waals surface area contributed by atoms with E-state index in [1.807, 2.05) is 19.1 Å². The lowest BCUT2D eigenvalue weighted by molar-refractivity contribution is 0.0966. The smallest absolute Gasteiger partial charge is 0.505 e. The van der Waals surface area contributed by atoms with Gasteiger partial charge in [0.15, 0.2) is 0 Å². The first kappa shape index (κ1) is 12.3. The second-order valence-corrected chi connectivity index (χ2v) is 2.53. The molecule has 0 aliphatic heterocycles. The molecule has 78 valence electrons. The molecule has 14 heavy (non-hydrogen) atoms. The van der Waals surface area contributed by atoms with Crippen molar-refractivity contribution >= 4 is 6.16 Å². The van der Waals surface area contributed by atoms with Gasteiger partial charge < -0.3 is 14.9 Å². The fourth-order valence-corrected chi connectivity index (χ4v) is 0.668. The number of carboxylic acid groups (broad SMARTS) is 1. The summed E-state index contributed by atoms with van der Waals surface area (Å²) in [6.07, 6.45) is -1.21. The summed E-state index contributed by atoms with van der Waals surface area (Å²) in [5, 5.41) is 16.4. The van der Waals surface area contributed by atoms with Crippen molar-refractivity contribution in [2.24, 2.45) is 0 Å². The Hall–Kier alpha value is -1.71. The number of hydrogen-bond donors (Lipinski definition) is 2. The van der Waals surface area contributed by atoms with E-state index < -0.39 is 6.16 Å². The molecule has 0 bridgehead atoms. The van der Waals surface area contributed by atoms with Crippen LogP contribution in [0.4, 0.5) is 4.79 Å². The molecule has 1 rings (SSSR count). The zero-order valence-corrected chi connectivity index (χ0v) is 8.23. The monoisotopic (exact) mass is 198 g/mol. The summed E-state index contributed by atoms with van der Waals surface area (Å²) < 4.78 is 3.96. The molecule has 0 aliphatic rings. The Morgan fingerprint density at radius 1 is 1.36 bits per heavy atom. The molecule has 1 aromatic carbocycles. The largest absolute Gasteiger partial charge is 0.508 e. The Bertz CT molecular complexity index is 245. The average Bonchev–Trinajstić information content (AvgIpc) is 2.11. The molecule has 0 saturated carbocycles. The molecule has 0 heterocycles. The Labute approximate surface area is 82.8 Å². The van der Waals surface area contributed by atoms with Crippen LogP contribution in [-0.4, -0.2) is 23.0 Å². The minimum atomic E-state index is -1.21. The number of aryl methyl sites for hydroxylation is 1. The van der Waals surface area contributed by atoms with E-state index in [4.69, 9.17) is 10.2 Å². The lowest BCUT2D eigenvalue weighted by Gasteiger charge is -1.89. The number of hydrogen-bond acceptors (Lipinski definition) is 3. The van der Waals surface area contributed by atoms with E-state index in [2.05, 4.69) is 4.74 Å². The van der Waals surface area contributed by atoms with Crippen LogP contribution in [0.3, 0.4) is 0 Å². The number of rotatable bonds is 1. The highest BCUT2D eigenvalue weighted by molar-refractivity contribution is 5.56. The van der Waals surface area contributed by atoms with Crippen LogP contribution in [0.1, 0.15) is 12.5 Å². The van der Waals surface area contributed by atoms with E-state index in [9.17, 15) is 4.79 Å². The number of benzene rings is 1. The first-order valence-corrected chi connectivity index (χ1v) is 4.17. The highest BCUT2D eigenvalue weighted by atomic mass is 16.7. The molecule has 0 unspecified atom stereocenters. The van der Waals surface area contributed by atoms with Gasteiger partial charge in [0, 0.05) is 0 Å². The molecule has 4 heteroatoms. The average molecular weight is 198 g/mol. The molecule has 1 aromatic rings. The maximum absolute atomic E-state index is 9.38. The molecule has 0 radical (unpaired) electrons. The summed E-state index contributed by atoms with van der Waals surface area (Å²) in [4.78, 5) is 9.38. The summed E-state index contributed by atoms with van der Waals surface area (Å²) in [7, 11) is 0. The molecule has 4 nitrogen and oxygen atoms in total. The Morgan fingerprint density at radius 2 is 1.86 bits per heavy atom. The first-order chi connectivity index (χ1) is 6.56. The molecular weight excluding hydrogens is 184 g/mol. The topological polar surface area (TPSA) is 66.8 Å². The third kappa shape index (κ3) is 6.97. The quantitative estimate of drug-likeness (QED) is 0.680. The normalized spacial score (nSPS) is 8.43. The maximum Gasteiger partial charge on any atom is 0.505 e. The van der Waals surface area contributed by atoms with Gasteiger partial charge in [0.25, 0.3) is 0 Å². The number of aromatic hydroxyl groups is 1. The van der Waals surface area contributed by atoms with Crippen molar-refractivity contribution < 1.29 is 19.7 Å². The van der Waals surface area contributed by atoms with Gasteiger partial charge in [-0.05, 0) is 26.0 Å². The van der Waals surface area contributed by atoms with Crippen LogP contribution in [-0.2, 0) is 4.74 Å². The fraction of sp³-hybridized carbons (Fsp3) is 0.300. The molecule has 0 aliphatic carbocycles.